The summed E-state index contributed by atoms with van der Waals surface area (Å²) in [6, 6.07) is 0. The van der Waals surface area contributed by atoms with Gasteiger partial charge >= 0.3 is 72.5 Å². The van der Waals surface area contributed by atoms with Crippen LogP contribution in [0.5, 0.6) is 0 Å². The zero-order valence-electron chi connectivity index (χ0n) is 21.0. The minimum absolute atomic E-state index is 0. The Morgan fingerprint density at radius 2 is 0.778 bits per heavy atom. The van der Waals surface area contributed by atoms with E-state index >= 15 is 0 Å². The summed E-state index contributed by atoms with van der Waals surface area (Å²) in [7, 11) is 0.628. The van der Waals surface area contributed by atoms with Crippen molar-refractivity contribution in [3.8, 4) is 0 Å². The summed E-state index contributed by atoms with van der Waals surface area (Å²) in [6.45, 7) is 13.8. The fraction of sp³-hybridized carbons (Fsp3) is 1.00. The number of unbranched alkanes of at least 4 members (excludes halogenated alkanes) is 2. The first-order valence-electron chi connectivity index (χ1n) is 11.0. The van der Waals surface area contributed by atoms with Crippen molar-refractivity contribution >= 4 is 63.0 Å². The van der Waals surface area contributed by atoms with Gasteiger partial charge in [-0.1, -0.05) is 139 Å². The molecule has 0 rings (SSSR count). The standard InChI is InChI=1S/2C11H24.CH4.2HI.Mg.V.2H/c2*1-4-7-10-11(8-5-2)9-6-3;;;;;;;/h2*11H,4-10H2,1-3H3;1H4;2*1H;;;;/q;;;;;2*+2;2*-1/p-2. The van der Waals surface area contributed by atoms with Gasteiger partial charge in [0, 0.05) is 0 Å². The number of hydrogen-bond donors (Lipinski definition) is 0. The Kier molecular flexibility index (Phi) is 58.5. The van der Waals surface area contributed by atoms with Gasteiger partial charge in [0.05, 0.1) is 0 Å². The summed E-state index contributed by atoms with van der Waals surface area (Å²) < 4.78 is 0. The minimum atomic E-state index is 0. The molecule has 0 bridgehead atoms. The van der Waals surface area contributed by atoms with Gasteiger partial charge in [-0.25, -0.2) is 0 Å². The average Bonchev–Trinajstić information content (AvgIpc) is 2.60. The van der Waals surface area contributed by atoms with E-state index < -0.39 is 0 Å². The molecule has 0 aromatic carbocycles. The molecule has 167 valence electrons. The molecular weight excluding hydrogens is 605 g/mol. The van der Waals surface area contributed by atoms with Crippen LogP contribution in [0.15, 0.2) is 0 Å². The van der Waals surface area contributed by atoms with Crippen LogP contribution in [0.3, 0.4) is 0 Å². The van der Waals surface area contributed by atoms with Crippen LogP contribution in [0.25, 0.3) is 0 Å². The van der Waals surface area contributed by atoms with Gasteiger partial charge in [0.1, 0.15) is 0 Å². The first-order valence-corrected chi connectivity index (χ1v) is 20.0. The quantitative estimate of drug-likeness (QED) is 0.129. The third kappa shape index (κ3) is 39.8. The second-order valence-corrected chi connectivity index (χ2v) is 19.0. The summed E-state index contributed by atoms with van der Waals surface area (Å²) in [4.78, 5) is 0. The van der Waals surface area contributed by atoms with Gasteiger partial charge in [-0.3, -0.25) is 0 Å². The largest absolute Gasteiger partial charge is 2.00 e. The van der Waals surface area contributed by atoms with E-state index in [1.807, 2.05) is 0 Å². The van der Waals surface area contributed by atoms with Crippen LogP contribution in [-0.2, 0) is 9.47 Å². The first kappa shape index (κ1) is 40.2. The molecule has 0 N–H and O–H groups in total. The molecule has 0 aliphatic rings. The summed E-state index contributed by atoms with van der Waals surface area (Å²) >= 11 is 4.74. The van der Waals surface area contributed by atoms with E-state index in [-0.39, 0.29) is 33.3 Å². The van der Waals surface area contributed by atoms with Gasteiger partial charge in [-0.15, -0.1) is 0 Å². The van der Waals surface area contributed by atoms with Crippen molar-refractivity contribution in [3.63, 3.8) is 0 Å². The molecule has 0 unspecified atom stereocenters. The molecule has 0 amide bonds. The third-order valence-corrected chi connectivity index (χ3v) is 4.72. The molecule has 0 aliphatic carbocycles. The predicted octanol–water partition coefficient (Wildman–Crippen LogP) is 11.0. The van der Waals surface area contributed by atoms with Crippen molar-refractivity contribution in [1.82, 2.24) is 0 Å². The minimum Gasteiger partial charge on any atom is 2.00 e. The molecule has 4 heteroatoms. The van der Waals surface area contributed by atoms with Crippen molar-refractivity contribution < 1.29 is 12.3 Å². The summed E-state index contributed by atoms with van der Waals surface area (Å²) in [6.07, 6.45) is 19.8. The van der Waals surface area contributed by atoms with E-state index in [1.54, 1.807) is 0 Å². The van der Waals surface area contributed by atoms with Crippen molar-refractivity contribution in [2.45, 2.75) is 139 Å². The van der Waals surface area contributed by atoms with Gasteiger partial charge in [0.25, 0.3) is 0 Å². The van der Waals surface area contributed by atoms with Crippen LogP contribution < -0.4 is 0 Å². The number of halogens is 2. The molecule has 0 saturated carbocycles. The normalized spacial score (nSPS) is 9.41. The topological polar surface area (TPSA) is 0 Å². The Morgan fingerprint density at radius 3 is 0.926 bits per heavy atom. The summed E-state index contributed by atoms with van der Waals surface area (Å²) in [5, 5.41) is 0. The molecule has 0 nitrogen and oxygen atoms in total. The van der Waals surface area contributed by atoms with E-state index in [9.17, 15) is 0 Å². The monoisotopic (exact) mass is 659 g/mol. The van der Waals surface area contributed by atoms with Crippen LogP contribution in [0.4, 0.5) is 0 Å². The maximum Gasteiger partial charge on any atom is 2.00 e. The zero-order chi connectivity index (χ0) is 19.8. The summed E-state index contributed by atoms with van der Waals surface area (Å²) in [5.74, 6) is 2.06. The number of rotatable bonds is 14. The van der Waals surface area contributed by atoms with E-state index in [0.717, 1.165) is 11.8 Å². The Hall–Kier alpha value is 2.81. The van der Waals surface area contributed by atoms with Crippen molar-refractivity contribution in [2.75, 3.05) is 0 Å². The van der Waals surface area contributed by atoms with Crippen molar-refractivity contribution in [2.24, 2.45) is 11.8 Å². The van der Waals surface area contributed by atoms with Crippen LogP contribution in [0.1, 0.15) is 142 Å². The van der Waals surface area contributed by atoms with Crippen LogP contribution >= 0.6 is 40.0 Å². The fourth-order valence-corrected chi connectivity index (χ4v) is 3.48. The Labute approximate surface area is 223 Å². The van der Waals surface area contributed by atoms with Crippen LogP contribution in [0.2, 0.25) is 0 Å². The van der Waals surface area contributed by atoms with Crippen LogP contribution in [-0.4, -0.2) is 23.1 Å². The average molecular weight is 660 g/mol. The molecule has 0 heterocycles. The van der Waals surface area contributed by atoms with E-state index in [2.05, 4.69) is 81.5 Å². The second kappa shape index (κ2) is 39.3. The Bertz CT molecular complexity index is 185. The van der Waals surface area contributed by atoms with Gasteiger partial charge in [0.15, 0.2) is 0 Å². The molecule has 0 aromatic heterocycles. The molecule has 0 atom stereocenters. The summed E-state index contributed by atoms with van der Waals surface area (Å²) in [5.41, 5.74) is 0. The molecule has 0 aliphatic heterocycles. The maximum atomic E-state index is 2.37. The van der Waals surface area contributed by atoms with Gasteiger partial charge in [-0.2, -0.15) is 0 Å². The zero-order valence-corrected chi connectivity index (χ0v) is 26.1. The number of hydrogen-bond acceptors (Lipinski definition) is 0. The molecule has 0 fully saturated rings. The van der Waals surface area contributed by atoms with Gasteiger partial charge < -0.3 is 2.85 Å². The van der Waals surface area contributed by atoms with E-state index in [1.165, 1.54) is 89.9 Å². The smallest absolute Gasteiger partial charge is 2.00 e. The molecule has 0 aromatic rings. The second-order valence-electron chi connectivity index (χ2n) is 7.24. The Morgan fingerprint density at radius 1 is 0.556 bits per heavy atom. The molecule has 0 saturated heterocycles. The third-order valence-electron chi connectivity index (χ3n) is 4.72. The fourth-order valence-electron chi connectivity index (χ4n) is 3.48. The van der Waals surface area contributed by atoms with E-state index in [0.29, 0.717) is 9.47 Å². The molecule has 0 radical (unpaired) electrons. The van der Waals surface area contributed by atoms with E-state index in [4.69, 9.17) is 0 Å². The molecule has 27 heavy (non-hydrogen) atoms. The molecular formula is C23H54I2MgV. The van der Waals surface area contributed by atoms with Gasteiger partial charge in [0.2, 0.25) is 0 Å². The first-order chi connectivity index (χ1) is 12.1. The van der Waals surface area contributed by atoms with Crippen molar-refractivity contribution in [3.05, 3.63) is 0 Å². The van der Waals surface area contributed by atoms with Crippen LogP contribution in [0, 0.1) is 11.8 Å². The Balaban J connectivity index is -0.0000000523. The molecule has 0 spiro atoms. The van der Waals surface area contributed by atoms with Gasteiger partial charge in [-0.05, 0) is 11.8 Å². The van der Waals surface area contributed by atoms with Crippen molar-refractivity contribution in [1.29, 1.82) is 0 Å². The predicted molar refractivity (Wildman–Crippen MR) is 148 cm³/mol. The maximum absolute atomic E-state index is 2.37. The SMILES string of the molecule is C.CCCCC(CCC)CCC.CCCCC(CCC)CCC.[H-].[H-].[I][V][I].[Mg+2].